The molecule has 4 heteroatoms. The van der Waals surface area contributed by atoms with E-state index in [1.54, 1.807) is 19.1 Å². The summed E-state index contributed by atoms with van der Waals surface area (Å²) in [5, 5.41) is 3.60. The molecule has 0 saturated heterocycles. The molecule has 1 amide bonds. The van der Waals surface area contributed by atoms with Crippen molar-refractivity contribution in [2.45, 2.75) is 46.8 Å². The molecule has 0 radical (unpaired) electrons. The van der Waals surface area contributed by atoms with Crippen molar-refractivity contribution >= 4 is 17.5 Å². The van der Waals surface area contributed by atoms with E-state index >= 15 is 0 Å². The molecule has 1 rings (SSSR count). The molecular formula is C15H22ClNO2. The maximum absolute atomic E-state index is 12.0. The highest BCUT2D eigenvalue weighted by Crippen LogP contribution is 2.22. The molecule has 1 N–H and O–H groups in total. The minimum absolute atomic E-state index is 0.101. The molecule has 0 spiro atoms. The summed E-state index contributed by atoms with van der Waals surface area (Å²) in [6, 6.07) is 5.49. The lowest BCUT2D eigenvalue weighted by atomic mass is 10.1. The zero-order valence-corrected chi connectivity index (χ0v) is 12.9. The van der Waals surface area contributed by atoms with E-state index < -0.39 is 6.10 Å². The predicted molar refractivity (Wildman–Crippen MR) is 78.7 cm³/mol. The first kappa shape index (κ1) is 15.8. The Morgan fingerprint density at radius 1 is 1.26 bits per heavy atom. The van der Waals surface area contributed by atoms with E-state index in [0.29, 0.717) is 16.7 Å². The van der Waals surface area contributed by atoms with Gasteiger partial charge in [-0.25, -0.2) is 0 Å². The summed E-state index contributed by atoms with van der Waals surface area (Å²) in [5.74, 6) is 0.980. The molecule has 0 saturated carbocycles. The zero-order chi connectivity index (χ0) is 14.6. The lowest BCUT2D eigenvalue weighted by Crippen LogP contribution is -2.43. The monoisotopic (exact) mass is 283 g/mol. The first-order valence-corrected chi connectivity index (χ1v) is 6.92. The van der Waals surface area contributed by atoms with Crippen molar-refractivity contribution in [3.8, 4) is 5.75 Å². The third kappa shape index (κ3) is 4.75. The fourth-order valence-electron chi connectivity index (χ4n) is 1.50. The van der Waals surface area contributed by atoms with Gasteiger partial charge in [-0.1, -0.05) is 25.4 Å². The molecule has 19 heavy (non-hydrogen) atoms. The summed E-state index contributed by atoms with van der Waals surface area (Å²) in [4.78, 5) is 12.0. The third-order valence-corrected chi connectivity index (χ3v) is 3.41. The Kier molecular flexibility index (Phi) is 5.67. The van der Waals surface area contributed by atoms with Gasteiger partial charge in [-0.05, 0) is 50.5 Å². The first-order valence-electron chi connectivity index (χ1n) is 6.54. The molecule has 0 aromatic heterocycles. The second-order valence-electron chi connectivity index (χ2n) is 5.21. The van der Waals surface area contributed by atoms with Crippen molar-refractivity contribution in [3.63, 3.8) is 0 Å². The molecule has 0 fully saturated rings. The van der Waals surface area contributed by atoms with Crippen LogP contribution >= 0.6 is 11.6 Å². The lowest BCUT2D eigenvalue weighted by Gasteiger charge is -2.21. The topological polar surface area (TPSA) is 38.3 Å². The van der Waals surface area contributed by atoms with Crippen molar-refractivity contribution in [3.05, 3.63) is 28.8 Å². The highest BCUT2D eigenvalue weighted by Gasteiger charge is 2.18. The Labute approximate surface area is 120 Å². The van der Waals surface area contributed by atoms with Crippen molar-refractivity contribution in [1.29, 1.82) is 0 Å². The average Bonchev–Trinajstić information content (AvgIpc) is 2.32. The van der Waals surface area contributed by atoms with Gasteiger partial charge in [0.25, 0.3) is 5.91 Å². The van der Waals surface area contributed by atoms with Crippen LogP contribution in [0.3, 0.4) is 0 Å². The molecule has 106 valence electrons. The zero-order valence-electron chi connectivity index (χ0n) is 12.2. The Balaban J connectivity index is 2.63. The maximum atomic E-state index is 12.0. The summed E-state index contributed by atoms with van der Waals surface area (Å²) in [5.41, 5.74) is 0.920. The molecular weight excluding hydrogens is 262 g/mol. The lowest BCUT2D eigenvalue weighted by molar-refractivity contribution is -0.128. The van der Waals surface area contributed by atoms with E-state index in [1.807, 2.05) is 19.9 Å². The second kappa shape index (κ2) is 6.80. The average molecular weight is 284 g/mol. The number of amides is 1. The van der Waals surface area contributed by atoms with Gasteiger partial charge in [0.1, 0.15) is 5.75 Å². The maximum Gasteiger partial charge on any atom is 0.260 e. The number of halogens is 1. The van der Waals surface area contributed by atoms with E-state index in [0.717, 1.165) is 5.56 Å². The Bertz CT molecular complexity index is 446. The van der Waals surface area contributed by atoms with Gasteiger partial charge in [-0.15, -0.1) is 0 Å². The molecule has 0 aliphatic rings. The SMILES string of the molecule is Cc1cc(Cl)ccc1OC(C)C(=O)NC(C)C(C)C. The van der Waals surface area contributed by atoms with Crippen LogP contribution < -0.4 is 10.1 Å². The van der Waals surface area contributed by atoms with Crippen LogP contribution in [0.1, 0.15) is 33.3 Å². The highest BCUT2D eigenvalue weighted by molar-refractivity contribution is 6.30. The fraction of sp³-hybridized carbons (Fsp3) is 0.533. The van der Waals surface area contributed by atoms with Gasteiger partial charge in [0.15, 0.2) is 6.10 Å². The molecule has 0 aliphatic heterocycles. The summed E-state index contributed by atoms with van der Waals surface area (Å²) in [7, 11) is 0. The number of rotatable bonds is 5. The molecule has 0 aliphatic carbocycles. The molecule has 2 atom stereocenters. The summed E-state index contributed by atoms with van der Waals surface area (Å²) < 4.78 is 5.67. The van der Waals surface area contributed by atoms with Gasteiger partial charge >= 0.3 is 0 Å². The van der Waals surface area contributed by atoms with Crippen molar-refractivity contribution in [2.75, 3.05) is 0 Å². The van der Waals surface area contributed by atoms with Crippen LogP contribution in [0.15, 0.2) is 18.2 Å². The van der Waals surface area contributed by atoms with Crippen molar-refractivity contribution < 1.29 is 9.53 Å². The fourth-order valence-corrected chi connectivity index (χ4v) is 1.72. The van der Waals surface area contributed by atoms with Gasteiger partial charge in [-0.3, -0.25) is 4.79 Å². The number of carbonyl (C=O) groups excluding carboxylic acids is 1. The van der Waals surface area contributed by atoms with Crippen molar-refractivity contribution in [2.24, 2.45) is 5.92 Å². The van der Waals surface area contributed by atoms with E-state index in [9.17, 15) is 4.79 Å². The standard InChI is InChI=1S/C15H22ClNO2/c1-9(2)11(4)17-15(18)12(5)19-14-7-6-13(16)8-10(14)3/h6-9,11-12H,1-5H3,(H,17,18). The molecule has 1 aromatic carbocycles. The van der Waals surface area contributed by atoms with Gasteiger partial charge in [0.05, 0.1) is 0 Å². The van der Waals surface area contributed by atoms with E-state index in [1.165, 1.54) is 0 Å². The molecule has 2 unspecified atom stereocenters. The molecule has 0 heterocycles. The largest absolute Gasteiger partial charge is 0.481 e. The van der Waals surface area contributed by atoms with E-state index in [2.05, 4.69) is 19.2 Å². The van der Waals surface area contributed by atoms with E-state index in [4.69, 9.17) is 16.3 Å². The first-order chi connectivity index (χ1) is 8.81. The third-order valence-electron chi connectivity index (χ3n) is 3.18. The van der Waals surface area contributed by atoms with Gasteiger partial charge in [-0.2, -0.15) is 0 Å². The number of hydrogen-bond acceptors (Lipinski definition) is 2. The quantitative estimate of drug-likeness (QED) is 0.897. The van der Waals surface area contributed by atoms with Crippen LogP contribution in [0.2, 0.25) is 5.02 Å². The normalized spacial score (nSPS) is 14.1. The smallest absolute Gasteiger partial charge is 0.260 e. The van der Waals surface area contributed by atoms with Crippen LogP contribution in [0.25, 0.3) is 0 Å². The van der Waals surface area contributed by atoms with Gasteiger partial charge in [0.2, 0.25) is 0 Å². The van der Waals surface area contributed by atoms with Crippen LogP contribution in [0.4, 0.5) is 0 Å². The number of carbonyl (C=O) groups is 1. The Morgan fingerprint density at radius 3 is 2.42 bits per heavy atom. The molecule has 3 nitrogen and oxygen atoms in total. The van der Waals surface area contributed by atoms with Crippen LogP contribution in [-0.2, 0) is 4.79 Å². The van der Waals surface area contributed by atoms with Crippen LogP contribution in [-0.4, -0.2) is 18.1 Å². The second-order valence-corrected chi connectivity index (χ2v) is 5.65. The molecule has 1 aromatic rings. The Hall–Kier alpha value is -1.22. The van der Waals surface area contributed by atoms with Crippen LogP contribution in [0, 0.1) is 12.8 Å². The number of hydrogen-bond donors (Lipinski definition) is 1. The van der Waals surface area contributed by atoms with Crippen molar-refractivity contribution in [1.82, 2.24) is 5.32 Å². The summed E-state index contributed by atoms with van der Waals surface area (Å²) >= 11 is 5.88. The number of aryl methyl sites for hydroxylation is 1. The minimum atomic E-state index is -0.527. The van der Waals surface area contributed by atoms with Gasteiger partial charge in [0, 0.05) is 11.1 Å². The predicted octanol–water partition coefficient (Wildman–Crippen LogP) is 3.58. The van der Waals surface area contributed by atoms with Crippen LogP contribution in [0.5, 0.6) is 5.75 Å². The minimum Gasteiger partial charge on any atom is -0.481 e. The van der Waals surface area contributed by atoms with Gasteiger partial charge < -0.3 is 10.1 Å². The number of benzene rings is 1. The van der Waals surface area contributed by atoms with E-state index in [-0.39, 0.29) is 11.9 Å². The number of nitrogens with one attached hydrogen (secondary N) is 1. The summed E-state index contributed by atoms with van der Waals surface area (Å²) in [6.45, 7) is 9.78. The summed E-state index contributed by atoms with van der Waals surface area (Å²) in [6.07, 6.45) is -0.527. The molecule has 0 bridgehead atoms. The number of ether oxygens (including phenoxy) is 1. The highest BCUT2D eigenvalue weighted by atomic mass is 35.5. The Morgan fingerprint density at radius 2 is 1.89 bits per heavy atom.